The maximum absolute atomic E-state index is 11.2. The number of carbonyl (C=O) groups excluding carboxylic acids is 1. The molecule has 1 aromatic rings. The minimum atomic E-state index is -0.441. The second-order valence-electron chi connectivity index (χ2n) is 3.78. The lowest BCUT2D eigenvalue weighted by atomic mass is 9.90. The molecule has 0 aromatic heterocycles. The number of Topliss-reactive ketones (excluding diaryl/α,β-unsaturated/α-hetero) is 1. The van der Waals surface area contributed by atoms with E-state index in [0.29, 0.717) is 12.2 Å². The summed E-state index contributed by atoms with van der Waals surface area (Å²) in [5, 5.41) is 0. The molecule has 0 N–H and O–H groups in total. The summed E-state index contributed by atoms with van der Waals surface area (Å²) >= 11 is 3.40. The molecule has 1 fully saturated rings. The number of hydrogen-bond donors (Lipinski definition) is 0. The quantitative estimate of drug-likeness (QED) is 0.855. The monoisotopic (exact) mass is 300 g/mol. The van der Waals surface area contributed by atoms with E-state index in [1.54, 1.807) is 13.2 Å². The van der Waals surface area contributed by atoms with Crippen LogP contribution in [0.1, 0.15) is 6.42 Å². The molecule has 0 heterocycles. The van der Waals surface area contributed by atoms with Crippen LogP contribution in [-0.4, -0.2) is 32.2 Å². The van der Waals surface area contributed by atoms with Gasteiger partial charge in [-0.25, -0.2) is 0 Å². The molecule has 1 aromatic carbocycles. The Labute approximate surface area is 108 Å². The lowest BCUT2D eigenvalue weighted by molar-refractivity contribution is -0.151. The summed E-state index contributed by atoms with van der Waals surface area (Å²) < 4.78 is 16.6. The van der Waals surface area contributed by atoms with Crippen LogP contribution >= 0.6 is 15.9 Å². The van der Waals surface area contributed by atoms with Crippen molar-refractivity contribution in [1.29, 1.82) is 0 Å². The summed E-state index contributed by atoms with van der Waals surface area (Å²) in [5.74, 6) is 1.52. The smallest absolute Gasteiger partial charge is 0.169 e. The van der Waals surface area contributed by atoms with E-state index in [9.17, 15) is 4.79 Å². The highest BCUT2D eigenvalue weighted by molar-refractivity contribution is 9.10. The average Bonchev–Trinajstić information content (AvgIpc) is 2.31. The van der Waals surface area contributed by atoms with E-state index in [4.69, 9.17) is 14.2 Å². The van der Waals surface area contributed by atoms with E-state index < -0.39 is 6.10 Å². The molecule has 0 spiro atoms. The van der Waals surface area contributed by atoms with E-state index >= 15 is 0 Å². The third kappa shape index (κ3) is 2.45. The third-order valence-corrected chi connectivity index (χ3v) is 3.35. The number of rotatable bonds is 4. The summed E-state index contributed by atoms with van der Waals surface area (Å²) in [6, 6.07) is 5.43. The van der Waals surface area contributed by atoms with Gasteiger partial charge in [-0.3, -0.25) is 4.79 Å². The van der Waals surface area contributed by atoms with Gasteiger partial charge in [-0.05, 0) is 34.1 Å². The van der Waals surface area contributed by atoms with E-state index in [1.807, 2.05) is 12.1 Å². The van der Waals surface area contributed by atoms with Gasteiger partial charge in [-0.2, -0.15) is 0 Å². The zero-order chi connectivity index (χ0) is 12.4. The standard InChI is InChI=1S/C12H13BrO4/c1-15-7-3-4-10(8(13)5-7)17-11-6-9(14)12(11)16-2/h3-5,11-12H,6H2,1-2H3. The summed E-state index contributed by atoms with van der Waals surface area (Å²) in [7, 11) is 3.12. The third-order valence-electron chi connectivity index (χ3n) is 2.73. The highest BCUT2D eigenvalue weighted by Crippen LogP contribution is 2.33. The van der Waals surface area contributed by atoms with Gasteiger partial charge in [0.1, 0.15) is 17.6 Å². The maximum Gasteiger partial charge on any atom is 0.169 e. The minimum Gasteiger partial charge on any atom is -0.497 e. The molecule has 0 amide bonds. The molecule has 4 nitrogen and oxygen atoms in total. The van der Waals surface area contributed by atoms with Crippen LogP contribution in [0.4, 0.5) is 0 Å². The molecule has 0 radical (unpaired) electrons. The Morgan fingerprint density at radius 1 is 1.35 bits per heavy atom. The molecule has 1 saturated carbocycles. The minimum absolute atomic E-state index is 0.0853. The molecular weight excluding hydrogens is 288 g/mol. The maximum atomic E-state index is 11.2. The molecule has 2 atom stereocenters. The summed E-state index contributed by atoms with van der Waals surface area (Å²) in [5.41, 5.74) is 0. The molecule has 1 aliphatic rings. The molecule has 0 aliphatic heterocycles. The Kier molecular flexibility index (Phi) is 3.69. The van der Waals surface area contributed by atoms with Crippen LogP contribution in [-0.2, 0) is 9.53 Å². The first-order valence-corrected chi connectivity index (χ1v) is 6.00. The zero-order valence-electron chi connectivity index (χ0n) is 9.60. The van der Waals surface area contributed by atoms with Gasteiger partial charge in [-0.15, -0.1) is 0 Å². The highest BCUT2D eigenvalue weighted by Gasteiger charge is 2.42. The second-order valence-corrected chi connectivity index (χ2v) is 4.63. The Morgan fingerprint density at radius 2 is 2.12 bits per heavy atom. The Bertz CT molecular complexity index is 433. The van der Waals surface area contributed by atoms with Crippen LogP contribution < -0.4 is 9.47 Å². The van der Waals surface area contributed by atoms with Gasteiger partial charge in [0.25, 0.3) is 0 Å². The first-order valence-electron chi connectivity index (χ1n) is 5.21. The first kappa shape index (κ1) is 12.4. The van der Waals surface area contributed by atoms with E-state index in [0.717, 1.165) is 10.2 Å². The van der Waals surface area contributed by atoms with Crippen LogP contribution in [0, 0.1) is 0 Å². The number of carbonyl (C=O) groups is 1. The Balaban J connectivity index is 2.07. The molecule has 17 heavy (non-hydrogen) atoms. The summed E-state index contributed by atoms with van der Waals surface area (Å²) in [4.78, 5) is 11.2. The lowest BCUT2D eigenvalue weighted by Crippen LogP contribution is -2.51. The molecule has 0 bridgehead atoms. The van der Waals surface area contributed by atoms with Crippen LogP contribution in [0.25, 0.3) is 0 Å². The number of ether oxygens (including phenoxy) is 3. The van der Waals surface area contributed by atoms with E-state index in [-0.39, 0.29) is 11.9 Å². The molecule has 5 heteroatoms. The van der Waals surface area contributed by atoms with Crippen LogP contribution in [0.15, 0.2) is 22.7 Å². The van der Waals surface area contributed by atoms with Gasteiger partial charge >= 0.3 is 0 Å². The van der Waals surface area contributed by atoms with Crippen molar-refractivity contribution >= 4 is 21.7 Å². The largest absolute Gasteiger partial charge is 0.497 e. The second kappa shape index (κ2) is 5.06. The van der Waals surface area contributed by atoms with Gasteiger partial charge in [0.2, 0.25) is 0 Å². The number of methoxy groups -OCH3 is 2. The Morgan fingerprint density at radius 3 is 2.65 bits per heavy atom. The molecule has 92 valence electrons. The fourth-order valence-electron chi connectivity index (χ4n) is 1.72. The number of halogens is 1. The van der Waals surface area contributed by atoms with Crippen molar-refractivity contribution in [2.45, 2.75) is 18.6 Å². The van der Waals surface area contributed by atoms with Crippen molar-refractivity contribution in [1.82, 2.24) is 0 Å². The SMILES string of the molecule is COc1ccc(OC2CC(=O)C2OC)c(Br)c1. The number of ketones is 1. The van der Waals surface area contributed by atoms with Crippen molar-refractivity contribution in [2.24, 2.45) is 0 Å². The summed E-state index contributed by atoms with van der Waals surface area (Å²) in [6.45, 7) is 0. The van der Waals surface area contributed by atoms with Crippen LogP contribution in [0.5, 0.6) is 11.5 Å². The molecule has 0 saturated heterocycles. The summed E-state index contributed by atoms with van der Waals surface area (Å²) in [6.07, 6.45) is -0.238. The highest BCUT2D eigenvalue weighted by atomic mass is 79.9. The molecule has 2 rings (SSSR count). The normalized spacial score (nSPS) is 23.1. The fourth-order valence-corrected chi connectivity index (χ4v) is 2.17. The van der Waals surface area contributed by atoms with Crippen molar-refractivity contribution in [2.75, 3.05) is 14.2 Å². The predicted molar refractivity (Wildman–Crippen MR) is 65.5 cm³/mol. The van der Waals surface area contributed by atoms with Crippen molar-refractivity contribution in [3.8, 4) is 11.5 Å². The average molecular weight is 301 g/mol. The Hall–Kier alpha value is -1.07. The van der Waals surface area contributed by atoms with E-state index in [1.165, 1.54) is 7.11 Å². The van der Waals surface area contributed by atoms with Crippen molar-refractivity contribution in [3.05, 3.63) is 22.7 Å². The van der Waals surface area contributed by atoms with Crippen LogP contribution in [0.2, 0.25) is 0 Å². The zero-order valence-corrected chi connectivity index (χ0v) is 11.2. The van der Waals surface area contributed by atoms with Gasteiger partial charge in [0.15, 0.2) is 11.9 Å². The number of hydrogen-bond acceptors (Lipinski definition) is 4. The van der Waals surface area contributed by atoms with Gasteiger partial charge in [-0.1, -0.05) is 0 Å². The van der Waals surface area contributed by atoms with Crippen LogP contribution in [0.3, 0.4) is 0 Å². The first-order chi connectivity index (χ1) is 8.15. The van der Waals surface area contributed by atoms with Gasteiger partial charge < -0.3 is 14.2 Å². The lowest BCUT2D eigenvalue weighted by Gasteiger charge is -2.33. The van der Waals surface area contributed by atoms with Crippen molar-refractivity contribution < 1.29 is 19.0 Å². The predicted octanol–water partition coefficient (Wildman–Crippen LogP) is 2.19. The van der Waals surface area contributed by atoms with Gasteiger partial charge in [0.05, 0.1) is 11.6 Å². The number of benzene rings is 1. The molecule has 2 unspecified atom stereocenters. The van der Waals surface area contributed by atoms with Gasteiger partial charge in [0, 0.05) is 13.5 Å². The topological polar surface area (TPSA) is 44.8 Å². The van der Waals surface area contributed by atoms with E-state index in [2.05, 4.69) is 15.9 Å². The fraction of sp³-hybridized carbons (Fsp3) is 0.417. The van der Waals surface area contributed by atoms with Crippen molar-refractivity contribution in [3.63, 3.8) is 0 Å². The molecular formula is C12H13BrO4. The molecule has 1 aliphatic carbocycles.